The third-order valence-corrected chi connectivity index (χ3v) is 6.67. The molecule has 1 aromatic heterocycles. The van der Waals surface area contributed by atoms with E-state index in [1.807, 2.05) is 24.3 Å². The minimum atomic E-state index is -0.171. The number of carbonyl (C=O) groups is 1. The summed E-state index contributed by atoms with van der Waals surface area (Å²) in [5.41, 5.74) is 2.72. The molecule has 0 saturated carbocycles. The van der Waals surface area contributed by atoms with Gasteiger partial charge in [0.2, 0.25) is 5.95 Å². The number of benzene rings is 2. The molecule has 0 saturated heterocycles. The van der Waals surface area contributed by atoms with E-state index in [-0.39, 0.29) is 23.9 Å². The van der Waals surface area contributed by atoms with Gasteiger partial charge in [-0.25, -0.2) is 4.98 Å². The molecule has 4 rings (SSSR count). The molecule has 184 valence electrons. The standard InChI is InChI=1S/C26H28Cl2N4O3/c1-16(2)14-32-25(34)20-10-11-31(24(33)18-6-9-21(27)22(28)12-18)15-23(20)30-26(32)29-13-17-4-7-19(35-3)8-5-17/h4-9,12,16H,10-11,13-15H2,1-3H3,(H,29,30). The van der Waals surface area contributed by atoms with Crippen LogP contribution in [0.4, 0.5) is 5.95 Å². The second-order valence-electron chi connectivity index (χ2n) is 8.98. The number of methoxy groups -OCH3 is 1. The molecule has 1 aliphatic rings. The number of aromatic nitrogens is 2. The van der Waals surface area contributed by atoms with Gasteiger partial charge in [-0.2, -0.15) is 0 Å². The van der Waals surface area contributed by atoms with Gasteiger partial charge < -0.3 is 15.0 Å². The highest BCUT2D eigenvalue weighted by atomic mass is 35.5. The second-order valence-corrected chi connectivity index (χ2v) is 9.79. The van der Waals surface area contributed by atoms with Crippen molar-refractivity contribution < 1.29 is 9.53 Å². The molecular formula is C26H28Cl2N4O3. The topological polar surface area (TPSA) is 76.5 Å². The van der Waals surface area contributed by atoms with E-state index in [1.54, 1.807) is 34.8 Å². The van der Waals surface area contributed by atoms with E-state index in [4.69, 9.17) is 32.9 Å². The highest BCUT2D eigenvalue weighted by molar-refractivity contribution is 6.42. The Hall–Kier alpha value is -3.03. The number of nitrogens with one attached hydrogen (secondary N) is 1. The Morgan fingerprint density at radius 1 is 1.14 bits per heavy atom. The van der Waals surface area contributed by atoms with Crippen LogP contribution in [0.5, 0.6) is 5.75 Å². The minimum Gasteiger partial charge on any atom is -0.497 e. The molecule has 1 aliphatic heterocycles. The summed E-state index contributed by atoms with van der Waals surface area (Å²) in [5.74, 6) is 1.38. The monoisotopic (exact) mass is 514 g/mol. The van der Waals surface area contributed by atoms with E-state index in [0.29, 0.717) is 58.9 Å². The summed E-state index contributed by atoms with van der Waals surface area (Å²) in [4.78, 5) is 33.0. The Balaban J connectivity index is 1.61. The van der Waals surface area contributed by atoms with Gasteiger partial charge in [-0.05, 0) is 48.2 Å². The van der Waals surface area contributed by atoms with Crippen LogP contribution in [-0.2, 0) is 26.1 Å². The molecule has 0 fully saturated rings. The first-order valence-corrected chi connectivity index (χ1v) is 12.3. The molecule has 0 radical (unpaired) electrons. The van der Waals surface area contributed by atoms with Crippen molar-refractivity contribution in [3.63, 3.8) is 0 Å². The molecule has 3 aromatic rings. The van der Waals surface area contributed by atoms with Crippen molar-refractivity contribution in [1.82, 2.24) is 14.5 Å². The van der Waals surface area contributed by atoms with Crippen LogP contribution >= 0.6 is 23.2 Å². The Morgan fingerprint density at radius 3 is 2.54 bits per heavy atom. The van der Waals surface area contributed by atoms with Crippen LogP contribution in [0, 0.1) is 5.92 Å². The third kappa shape index (κ3) is 5.63. The van der Waals surface area contributed by atoms with Crippen molar-refractivity contribution in [1.29, 1.82) is 0 Å². The van der Waals surface area contributed by atoms with Gasteiger partial charge in [0.1, 0.15) is 5.75 Å². The largest absolute Gasteiger partial charge is 0.497 e. The van der Waals surface area contributed by atoms with E-state index >= 15 is 0 Å². The van der Waals surface area contributed by atoms with Crippen molar-refractivity contribution in [3.8, 4) is 5.75 Å². The van der Waals surface area contributed by atoms with Gasteiger partial charge in [-0.1, -0.05) is 49.2 Å². The van der Waals surface area contributed by atoms with Crippen molar-refractivity contribution in [2.24, 2.45) is 5.92 Å². The maximum Gasteiger partial charge on any atom is 0.258 e. The fourth-order valence-electron chi connectivity index (χ4n) is 4.11. The zero-order valence-corrected chi connectivity index (χ0v) is 21.5. The number of ether oxygens (including phenoxy) is 1. The van der Waals surface area contributed by atoms with E-state index in [2.05, 4.69) is 19.2 Å². The Morgan fingerprint density at radius 2 is 1.89 bits per heavy atom. The molecule has 0 aliphatic carbocycles. The predicted octanol–water partition coefficient (Wildman–Crippen LogP) is 5.03. The van der Waals surface area contributed by atoms with Crippen LogP contribution < -0.4 is 15.6 Å². The summed E-state index contributed by atoms with van der Waals surface area (Å²) in [6.45, 7) is 5.87. The lowest BCUT2D eigenvalue weighted by molar-refractivity contribution is 0.0731. The van der Waals surface area contributed by atoms with Gasteiger partial charge in [0.15, 0.2) is 0 Å². The number of amides is 1. The minimum absolute atomic E-state index is 0.0532. The fraction of sp³-hybridized carbons (Fsp3) is 0.346. The highest BCUT2D eigenvalue weighted by Gasteiger charge is 2.27. The number of carbonyl (C=O) groups excluding carboxylic acids is 1. The number of fused-ring (bicyclic) bond motifs is 1. The molecule has 0 spiro atoms. The van der Waals surface area contributed by atoms with Gasteiger partial charge in [0.05, 0.1) is 29.4 Å². The first kappa shape index (κ1) is 25.1. The van der Waals surface area contributed by atoms with Gasteiger partial charge in [-0.15, -0.1) is 0 Å². The van der Waals surface area contributed by atoms with E-state index in [9.17, 15) is 9.59 Å². The summed E-state index contributed by atoms with van der Waals surface area (Å²) in [6.07, 6.45) is 0.449. The Bertz CT molecular complexity index is 1290. The lowest BCUT2D eigenvalue weighted by Crippen LogP contribution is -2.41. The van der Waals surface area contributed by atoms with E-state index < -0.39 is 0 Å². The summed E-state index contributed by atoms with van der Waals surface area (Å²) >= 11 is 12.1. The van der Waals surface area contributed by atoms with Crippen LogP contribution in [0.15, 0.2) is 47.3 Å². The molecule has 7 nitrogen and oxygen atoms in total. The smallest absolute Gasteiger partial charge is 0.258 e. The maximum atomic E-state index is 13.4. The summed E-state index contributed by atoms with van der Waals surface area (Å²) in [6, 6.07) is 12.5. The first-order chi connectivity index (χ1) is 16.8. The van der Waals surface area contributed by atoms with Crippen LogP contribution in [-0.4, -0.2) is 34.0 Å². The highest BCUT2D eigenvalue weighted by Crippen LogP contribution is 2.25. The average Bonchev–Trinajstić information content (AvgIpc) is 2.85. The molecule has 0 unspecified atom stereocenters. The van der Waals surface area contributed by atoms with Crippen molar-refractivity contribution in [3.05, 3.63) is 85.2 Å². The molecule has 2 aromatic carbocycles. The second kappa shape index (κ2) is 10.7. The fourth-order valence-corrected chi connectivity index (χ4v) is 4.40. The van der Waals surface area contributed by atoms with Gasteiger partial charge >= 0.3 is 0 Å². The van der Waals surface area contributed by atoms with Crippen LogP contribution in [0.3, 0.4) is 0 Å². The zero-order valence-electron chi connectivity index (χ0n) is 20.0. The van der Waals surface area contributed by atoms with Gasteiger partial charge in [0.25, 0.3) is 11.5 Å². The molecule has 9 heteroatoms. The lowest BCUT2D eigenvalue weighted by atomic mass is 10.0. The molecule has 35 heavy (non-hydrogen) atoms. The summed E-state index contributed by atoms with van der Waals surface area (Å²) < 4.78 is 6.93. The summed E-state index contributed by atoms with van der Waals surface area (Å²) in [5, 5.41) is 4.05. The third-order valence-electron chi connectivity index (χ3n) is 5.93. The number of nitrogens with zero attached hydrogens (tertiary/aromatic N) is 3. The lowest BCUT2D eigenvalue weighted by Gasteiger charge is -2.29. The predicted molar refractivity (Wildman–Crippen MR) is 139 cm³/mol. The molecule has 1 N–H and O–H groups in total. The molecule has 0 atom stereocenters. The van der Waals surface area contributed by atoms with E-state index in [1.165, 1.54) is 0 Å². The van der Waals surface area contributed by atoms with Gasteiger partial charge in [-0.3, -0.25) is 14.2 Å². The Kier molecular flexibility index (Phi) is 7.67. The normalized spacial score (nSPS) is 13.0. The first-order valence-electron chi connectivity index (χ1n) is 11.5. The van der Waals surface area contributed by atoms with Crippen molar-refractivity contribution in [2.75, 3.05) is 19.0 Å². The number of anilines is 1. The molecule has 1 amide bonds. The SMILES string of the molecule is COc1ccc(CNc2nc3c(c(=O)n2CC(C)C)CCN(C(=O)c2ccc(Cl)c(Cl)c2)C3)cc1. The summed E-state index contributed by atoms with van der Waals surface area (Å²) in [7, 11) is 1.63. The maximum absolute atomic E-state index is 13.4. The Labute approximate surface area is 214 Å². The van der Waals surface area contributed by atoms with Crippen LogP contribution in [0.1, 0.15) is 41.0 Å². The van der Waals surface area contributed by atoms with Crippen molar-refractivity contribution in [2.45, 2.75) is 39.9 Å². The molecular weight excluding hydrogens is 487 g/mol. The van der Waals surface area contributed by atoms with E-state index in [0.717, 1.165) is 11.3 Å². The van der Waals surface area contributed by atoms with Crippen LogP contribution in [0.2, 0.25) is 10.0 Å². The number of hydrogen-bond acceptors (Lipinski definition) is 5. The average molecular weight is 515 g/mol. The zero-order chi connectivity index (χ0) is 25.1. The van der Waals surface area contributed by atoms with Gasteiger partial charge in [0, 0.05) is 30.8 Å². The quantitative estimate of drug-likeness (QED) is 0.478. The number of hydrogen-bond donors (Lipinski definition) is 1. The number of halogens is 2. The number of rotatable bonds is 7. The molecule has 2 heterocycles. The van der Waals surface area contributed by atoms with Crippen molar-refractivity contribution >= 4 is 35.1 Å². The van der Waals surface area contributed by atoms with Crippen LogP contribution in [0.25, 0.3) is 0 Å². The molecule has 0 bridgehead atoms.